The molecule has 0 bridgehead atoms. The van der Waals surface area contributed by atoms with E-state index in [-0.39, 0.29) is 0 Å². The van der Waals surface area contributed by atoms with Crippen molar-refractivity contribution in [1.29, 1.82) is 0 Å². The molecule has 29 heavy (non-hydrogen) atoms. The molecule has 146 valence electrons. The van der Waals surface area contributed by atoms with Crippen molar-refractivity contribution in [1.82, 2.24) is 9.55 Å². The molecule has 0 atom stereocenters. The van der Waals surface area contributed by atoms with Crippen LogP contribution in [-0.2, 0) is 7.05 Å². The monoisotopic (exact) mass is 381 g/mol. The number of hydrogen-bond donors (Lipinski definition) is 0. The minimum Gasteiger partial charge on any atom is -0.371 e. The molecule has 1 heterocycles. The fourth-order valence-corrected chi connectivity index (χ4v) is 3.97. The Labute approximate surface area is 173 Å². The van der Waals surface area contributed by atoms with Crippen molar-refractivity contribution in [3.63, 3.8) is 0 Å². The van der Waals surface area contributed by atoms with Gasteiger partial charge in [-0.05, 0) is 26.0 Å². The van der Waals surface area contributed by atoms with Gasteiger partial charge in [0.05, 0.1) is 11.4 Å². The van der Waals surface area contributed by atoms with E-state index in [2.05, 4.69) is 109 Å². The lowest BCUT2D eigenvalue weighted by molar-refractivity contribution is 0.862. The highest BCUT2D eigenvalue weighted by Crippen LogP contribution is 2.38. The molecular weight excluding hydrogens is 354 g/mol. The Morgan fingerprint density at radius 1 is 0.724 bits per heavy atom. The van der Waals surface area contributed by atoms with Crippen LogP contribution in [0.5, 0.6) is 0 Å². The summed E-state index contributed by atoms with van der Waals surface area (Å²) in [6.45, 7) is 6.33. The first kappa shape index (κ1) is 19.0. The summed E-state index contributed by atoms with van der Waals surface area (Å²) in [7, 11) is 2.12. The van der Waals surface area contributed by atoms with Gasteiger partial charge in [0.2, 0.25) is 0 Å². The normalized spacial score (nSPS) is 10.9. The van der Waals surface area contributed by atoms with Crippen LogP contribution in [0.4, 0.5) is 5.69 Å². The molecule has 3 heteroatoms. The molecule has 0 unspecified atom stereocenters. The van der Waals surface area contributed by atoms with E-state index >= 15 is 0 Å². The number of benzene rings is 3. The van der Waals surface area contributed by atoms with Gasteiger partial charge in [-0.3, -0.25) is 0 Å². The largest absolute Gasteiger partial charge is 0.371 e. The molecule has 1 aromatic heterocycles. The minimum absolute atomic E-state index is 0.967. The molecule has 0 radical (unpaired) electrons. The van der Waals surface area contributed by atoms with Gasteiger partial charge in [-0.1, -0.05) is 72.8 Å². The van der Waals surface area contributed by atoms with Gasteiger partial charge >= 0.3 is 0 Å². The van der Waals surface area contributed by atoms with Crippen molar-refractivity contribution in [2.24, 2.45) is 7.05 Å². The Morgan fingerprint density at radius 2 is 1.28 bits per heavy atom. The highest BCUT2D eigenvalue weighted by Gasteiger charge is 2.21. The molecule has 0 aliphatic heterocycles. The molecule has 0 amide bonds. The third-order valence-corrected chi connectivity index (χ3v) is 5.44. The number of nitrogens with zero attached hydrogens (tertiary/aromatic N) is 3. The third kappa shape index (κ3) is 3.56. The van der Waals surface area contributed by atoms with Gasteiger partial charge < -0.3 is 9.47 Å². The molecule has 0 spiro atoms. The number of rotatable bonds is 6. The molecular formula is C26H27N3. The maximum Gasteiger partial charge on any atom is 0.143 e. The molecule has 0 fully saturated rings. The fraction of sp³-hybridized carbons (Fsp3) is 0.192. The second kappa shape index (κ2) is 8.36. The van der Waals surface area contributed by atoms with Crippen molar-refractivity contribution in [2.45, 2.75) is 13.8 Å². The topological polar surface area (TPSA) is 21.1 Å². The SMILES string of the molecule is CCN(CC)c1ccccc1-c1nc(-c2ccccc2)c(-c2ccccc2)n1C. The van der Waals surface area contributed by atoms with Crippen LogP contribution in [0, 0.1) is 0 Å². The van der Waals surface area contributed by atoms with E-state index in [1.807, 2.05) is 6.07 Å². The van der Waals surface area contributed by atoms with Crippen LogP contribution < -0.4 is 4.90 Å². The van der Waals surface area contributed by atoms with Crippen LogP contribution in [0.2, 0.25) is 0 Å². The summed E-state index contributed by atoms with van der Waals surface area (Å²) in [6, 6.07) is 29.6. The molecule has 4 rings (SSSR count). The Balaban J connectivity index is 1.97. The molecule has 3 nitrogen and oxygen atoms in total. The number of anilines is 1. The Kier molecular flexibility index (Phi) is 5.48. The highest BCUT2D eigenvalue weighted by atomic mass is 15.1. The van der Waals surface area contributed by atoms with E-state index in [1.54, 1.807) is 0 Å². The van der Waals surface area contributed by atoms with E-state index in [4.69, 9.17) is 4.98 Å². The number of imidazole rings is 1. The number of aromatic nitrogens is 2. The molecule has 4 aromatic rings. The molecule has 0 N–H and O–H groups in total. The summed E-state index contributed by atoms with van der Waals surface area (Å²) in [4.78, 5) is 7.56. The van der Waals surface area contributed by atoms with Crippen LogP contribution in [0.1, 0.15) is 13.8 Å². The van der Waals surface area contributed by atoms with Gasteiger partial charge in [0.15, 0.2) is 0 Å². The lowest BCUT2D eigenvalue weighted by Crippen LogP contribution is -2.22. The van der Waals surface area contributed by atoms with E-state index in [0.29, 0.717) is 0 Å². The number of para-hydroxylation sites is 1. The van der Waals surface area contributed by atoms with Crippen molar-refractivity contribution in [2.75, 3.05) is 18.0 Å². The first-order chi connectivity index (χ1) is 14.2. The van der Waals surface area contributed by atoms with E-state index < -0.39 is 0 Å². The number of hydrogen-bond acceptors (Lipinski definition) is 2. The van der Waals surface area contributed by atoms with E-state index in [9.17, 15) is 0 Å². The highest BCUT2D eigenvalue weighted by molar-refractivity contribution is 5.84. The summed E-state index contributed by atoms with van der Waals surface area (Å²) in [5, 5.41) is 0. The Bertz CT molecular complexity index is 1080. The van der Waals surface area contributed by atoms with Gasteiger partial charge in [0, 0.05) is 42.5 Å². The van der Waals surface area contributed by atoms with Gasteiger partial charge in [-0.2, -0.15) is 0 Å². The van der Waals surface area contributed by atoms with Crippen molar-refractivity contribution in [3.05, 3.63) is 84.9 Å². The first-order valence-electron chi connectivity index (χ1n) is 10.3. The average Bonchev–Trinajstić information content (AvgIpc) is 3.13. The van der Waals surface area contributed by atoms with Gasteiger partial charge in [0.1, 0.15) is 5.82 Å². The maximum absolute atomic E-state index is 5.17. The van der Waals surface area contributed by atoms with Crippen LogP contribution in [-0.4, -0.2) is 22.6 Å². The molecule has 0 saturated carbocycles. The average molecular weight is 382 g/mol. The van der Waals surface area contributed by atoms with Crippen LogP contribution >= 0.6 is 0 Å². The van der Waals surface area contributed by atoms with Gasteiger partial charge in [-0.15, -0.1) is 0 Å². The quantitative estimate of drug-likeness (QED) is 0.393. The maximum atomic E-state index is 5.17. The molecule has 0 aliphatic carbocycles. The van der Waals surface area contributed by atoms with E-state index in [1.165, 1.54) is 11.3 Å². The summed E-state index contributed by atoms with van der Waals surface area (Å²) >= 11 is 0. The predicted octanol–water partition coefficient (Wildman–Crippen LogP) is 6.27. The van der Waals surface area contributed by atoms with E-state index in [0.717, 1.165) is 41.4 Å². The second-order valence-corrected chi connectivity index (χ2v) is 7.11. The zero-order chi connectivity index (χ0) is 20.2. The predicted molar refractivity (Wildman–Crippen MR) is 123 cm³/mol. The van der Waals surface area contributed by atoms with Crippen molar-refractivity contribution in [3.8, 4) is 33.9 Å². The Morgan fingerprint density at radius 3 is 1.90 bits per heavy atom. The lowest BCUT2D eigenvalue weighted by atomic mass is 10.1. The lowest BCUT2D eigenvalue weighted by Gasteiger charge is -2.24. The van der Waals surface area contributed by atoms with Crippen LogP contribution in [0.25, 0.3) is 33.9 Å². The summed E-state index contributed by atoms with van der Waals surface area (Å²) in [5.41, 5.74) is 6.86. The minimum atomic E-state index is 0.967. The summed E-state index contributed by atoms with van der Waals surface area (Å²) in [5.74, 6) is 0.991. The fourth-order valence-electron chi connectivity index (χ4n) is 3.97. The van der Waals surface area contributed by atoms with Gasteiger partial charge in [-0.25, -0.2) is 4.98 Å². The molecule has 0 saturated heterocycles. The first-order valence-corrected chi connectivity index (χ1v) is 10.3. The smallest absolute Gasteiger partial charge is 0.143 e. The Hall–Kier alpha value is -3.33. The van der Waals surface area contributed by atoms with Gasteiger partial charge in [0.25, 0.3) is 0 Å². The molecule has 0 aliphatic rings. The third-order valence-electron chi connectivity index (χ3n) is 5.44. The zero-order valence-electron chi connectivity index (χ0n) is 17.3. The summed E-state index contributed by atoms with van der Waals surface area (Å²) in [6.07, 6.45) is 0. The summed E-state index contributed by atoms with van der Waals surface area (Å²) < 4.78 is 2.24. The van der Waals surface area contributed by atoms with Crippen LogP contribution in [0.3, 0.4) is 0 Å². The van der Waals surface area contributed by atoms with Crippen molar-refractivity contribution >= 4 is 5.69 Å². The van der Waals surface area contributed by atoms with Crippen molar-refractivity contribution < 1.29 is 0 Å². The zero-order valence-corrected chi connectivity index (χ0v) is 17.3. The standard InChI is InChI=1S/C26H27N3/c1-4-29(5-2)23-19-13-12-18-22(23)26-27-24(20-14-8-6-9-15-20)25(28(26)3)21-16-10-7-11-17-21/h6-19H,4-5H2,1-3H3. The second-order valence-electron chi connectivity index (χ2n) is 7.11. The molecule has 3 aromatic carbocycles. The van der Waals surface area contributed by atoms with Crippen LogP contribution in [0.15, 0.2) is 84.9 Å².